The van der Waals surface area contributed by atoms with E-state index >= 15 is 0 Å². The SMILES string of the molecule is CCCn1ccnc1CC(NC)c1ccncc1CC. The maximum Gasteiger partial charge on any atom is 0.110 e. The van der Waals surface area contributed by atoms with E-state index in [1.807, 2.05) is 25.6 Å². The van der Waals surface area contributed by atoms with E-state index in [1.54, 1.807) is 0 Å². The van der Waals surface area contributed by atoms with Crippen molar-refractivity contribution in [1.82, 2.24) is 19.9 Å². The summed E-state index contributed by atoms with van der Waals surface area (Å²) in [6, 6.07) is 2.40. The molecule has 2 heterocycles. The van der Waals surface area contributed by atoms with Gasteiger partial charge in [-0.3, -0.25) is 4.98 Å². The van der Waals surface area contributed by atoms with Crippen LogP contribution in [0, 0.1) is 0 Å². The molecule has 4 heteroatoms. The molecule has 20 heavy (non-hydrogen) atoms. The summed E-state index contributed by atoms with van der Waals surface area (Å²) >= 11 is 0. The lowest BCUT2D eigenvalue weighted by atomic mass is 9.98. The van der Waals surface area contributed by atoms with E-state index in [4.69, 9.17) is 0 Å². The number of hydrogen-bond donors (Lipinski definition) is 1. The molecule has 1 N–H and O–H groups in total. The minimum atomic E-state index is 0.283. The summed E-state index contributed by atoms with van der Waals surface area (Å²) in [5.41, 5.74) is 2.64. The van der Waals surface area contributed by atoms with Crippen molar-refractivity contribution < 1.29 is 0 Å². The molecule has 2 aromatic heterocycles. The number of likely N-dealkylation sites (N-methyl/N-ethyl adjacent to an activating group) is 1. The topological polar surface area (TPSA) is 42.7 Å². The van der Waals surface area contributed by atoms with Crippen LogP contribution >= 0.6 is 0 Å². The normalized spacial score (nSPS) is 12.6. The lowest BCUT2D eigenvalue weighted by Gasteiger charge is -2.19. The van der Waals surface area contributed by atoms with Crippen molar-refractivity contribution in [2.45, 2.75) is 45.7 Å². The zero-order chi connectivity index (χ0) is 14.4. The Kier molecular flexibility index (Phi) is 5.30. The highest BCUT2D eigenvalue weighted by Crippen LogP contribution is 2.21. The van der Waals surface area contributed by atoms with E-state index in [1.165, 1.54) is 11.1 Å². The Morgan fingerprint density at radius 1 is 1.30 bits per heavy atom. The molecule has 0 amide bonds. The zero-order valence-corrected chi connectivity index (χ0v) is 12.6. The molecule has 0 aliphatic carbocycles. The van der Waals surface area contributed by atoms with Gasteiger partial charge in [0.05, 0.1) is 0 Å². The minimum absolute atomic E-state index is 0.283. The Labute approximate surface area is 121 Å². The molecule has 0 saturated carbocycles. The predicted molar refractivity (Wildman–Crippen MR) is 81.6 cm³/mol. The van der Waals surface area contributed by atoms with Crippen LogP contribution in [-0.2, 0) is 19.4 Å². The summed E-state index contributed by atoms with van der Waals surface area (Å²) in [7, 11) is 2.01. The first-order valence-electron chi connectivity index (χ1n) is 7.40. The van der Waals surface area contributed by atoms with E-state index < -0.39 is 0 Å². The van der Waals surface area contributed by atoms with Gasteiger partial charge in [-0.05, 0) is 37.1 Å². The first kappa shape index (κ1) is 14.7. The summed E-state index contributed by atoms with van der Waals surface area (Å²) in [5.74, 6) is 1.14. The highest BCUT2D eigenvalue weighted by atomic mass is 15.1. The van der Waals surface area contributed by atoms with E-state index in [0.717, 1.165) is 31.6 Å². The first-order valence-corrected chi connectivity index (χ1v) is 7.40. The predicted octanol–water partition coefficient (Wildman–Crippen LogP) is 2.75. The summed E-state index contributed by atoms with van der Waals surface area (Å²) in [4.78, 5) is 8.74. The number of nitrogens with zero attached hydrogens (tertiary/aromatic N) is 3. The molecular weight excluding hydrogens is 248 g/mol. The van der Waals surface area contributed by atoms with Crippen LogP contribution in [0.25, 0.3) is 0 Å². The third-order valence-electron chi connectivity index (χ3n) is 3.70. The molecule has 0 bridgehead atoms. The fraction of sp³-hybridized carbons (Fsp3) is 0.500. The molecule has 0 aliphatic heterocycles. The molecule has 0 radical (unpaired) electrons. The lowest BCUT2D eigenvalue weighted by molar-refractivity contribution is 0.539. The Balaban J connectivity index is 2.22. The molecule has 0 aliphatic rings. The third kappa shape index (κ3) is 3.25. The standard InChI is InChI=1S/C16H24N4/c1-4-9-20-10-8-19-16(20)11-15(17-3)14-6-7-18-12-13(14)5-2/h6-8,10,12,15,17H,4-5,9,11H2,1-3H3. The number of nitrogens with one attached hydrogen (secondary N) is 1. The molecule has 1 unspecified atom stereocenters. The molecule has 1 atom stereocenters. The molecule has 2 aromatic rings. The van der Waals surface area contributed by atoms with Gasteiger partial charge in [0.1, 0.15) is 5.82 Å². The highest BCUT2D eigenvalue weighted by Gasteiger charge is 2.16. The van der Waals surface area contributed by atoms with E-state index in [9.17, 15) is 0 Å². The van der Waals surface area contributed by atoms with Crippen molar-refractivity contribution in [2.24, 2.45) is 0 Å². The van der Waals surface area contributed by atoms with Crippen molar-refractivity contribution >= 4 is 0 Å². The van der Waals surface area contributed by atoms with Crippen molar-refractivity contribution in [3.8, 4) is 0 Å². The summed E-state index contributed by atoms with van der Waals surface area (Å²) < 4.78 is 2.25. The number of hydrogen-bond acceptors (Lipinski definition) is 3. The molecule has 2 rings (SSSR count). The van der Waals surface area contributed by atoms with Crippen LogP contribution in [0.1, 0.15) is 43.3 Å². The van der Waals surface area contributed by atoms with Gasteiger partial charge in [-0.2, -0.15) is 0 Å². The molecule has 0 spiro atoms. The van der Waals surface area contributed by atoms with E-state index in [-0.39, 0.29) is 6.04 Å². The monoisotopic (exact) mass is 272 g/mol. The quantitative estimate of drug-likeness (QED) is 0.843. The van der Waals surface area contributed by atoms with Crippen LogP contribution in [0.4, 0.5) is 0 Å². The van der Waals surface area contributed by atoms with Crippen LogP contribution in [0.15, 0.2) is 30.9 Å². The number of pyridine rings is 1. The second-order valence-electron chi connectivity index (χ2n) is 5.01. The maximum atomic E-state index is 4.51. The summed E-state index contributed by atoms with van der Waals surface area (Å²) in [6.45, 7) is 5.39. The fourth-order valence-electron chi connectivity index (χ4n) is 2.60. The van der Waals surface area contributed by atoms with Crippen LogP contribution < -0.4 is 5.32 Å². The maximum absolute atomic E-state index is 4.51. The Morgan fingerprint density at radius 3 is 2.85 bits per heavy atom. The van der Waals surface area contributed by atoms with E-state index in [2.05, 4.69) is 46.0 Å². The Morgan fingerprint density at radius 2 is 2.15 bits per heavy atom. The molecule has 108 valence electrons. The zero-order valence-electron chi connectivity index (χ0n) is 12.6. The van der Waals surface area contributed by atoms with Gasteiger partial charge in [0.25, 0.3) is 0 Å². The van der Waals surface area contributed by atoms with Gasteiger partial charge in [-0.1, -0.05) is 13.8 Å². The smallest absolute Gasteiger partial charge is 0.110 e. The highest BCUT2D eigenvalue weighted by molar-refractivity contribution is 5.27. The van der Waals surface area contributed by atoms with Crippen LogP contribution in [0.2, 0.25) is 0 Å². The largest absolute Gasteiger partial charge is 0.335 e. The second kappa shape index (κ2) is 7.20. The Bertz CT molecular complexity index is 533. The van der Waals surface area contributed by atoms with Gasteiger partial charge in [-0.25, -0.2) is 4.98 Å². The van der Waals surface area contributed by atoms with E-state index in [0.29, 0.717) is 0 Å². The summed E-state index contributed by atoms with van der Waals surface area (Å²) in [6.07, 6.45) is 10.8. The van der Waals surface area contributed by atoms with Gasteiger partial charge >= 0.3 is 0 Å². The second-order valence-corrected chi connectivity index (χ2v) is 5.01. The van der Waals surface area contributed by atoms with Crippen LogP contribution in [0.5, 0.6) is 0 Å². The third-order valence-corrected chi connectivity index (χ3v) is 3.70. The molecular formula is C16H24N4. The van der Waals surface area contributed by atoms with Crippen LogP contribution in [0.3, 0.4) is 0 Å². The van der Waals surface area contributed by atoms with Crippen LogP contribution in [-0.4, -0.2) is 21.6 Å². The average molecular weight is 272 g/mol. The molecule has 0 saturated heterocycles. The van der Waals surface area contributed by atoms with Crippen molar-refractivity contribution in [2.75, 3.05) is 7.05 Å². The minimum Gasteiger partial charge on any atom is -0.335 e. The number of rotatable bonds is 7. The molecule has 4 nitrogen and oxygen atoms in total. The van der Waals surface area contributed by atoms with Gasteiger partial charge in [0, 0.05) is 43.8 Å². The average Bonchev–Trinajstić information content (AvgIpc) is 2.92. The first-order chi connectivity index (χ1) is 9.80. The summed E-state index contributed by atoms with van der Waals surface area (Å²) in [5, 5.41) is 3.42. The molecule has 0 aromatic carbocycles. The van der Waals surface area contributed by atoms with Gasteiger partial charge in [0.2, 0.25) is 0 Å². The van der Waals surface area contributed by atoms with Gasteiger partial charge in [-0.15, -0.1) is 0 Å². The number of aromatic nitrogens is 3. The van der Waals surface area contributed by atoms with Crippen molar-refractivity contribution in [3.63, 3.8) is 0 Å². The van der Waals surface area contributed by atoms with Gasteiger partial charge in [0.15, 0.2) is 0 Å². The number of imidazole rings is 1. The molecule has 0 fully saturated rings. The number of aryl methyl sites for hydroxylation is 2. The lowest BCUT2D eigenvalue weighted by Crippen LogP contribution is -2.22. The van der Waals surface area contributed by atoms with Gasteiger partial charge < -0.3 is 9.88 Å². The van der Waals surface area contributed by atoms with Crippen molar-refractivity contribution in [1.29, 1.82) is 0 Å². The van der Waals surface area contributed by atoms with Crippen molar-refractivity contribution in [3.05, 3.63) is 47.8 Å². The fourth-order valence-corrected chi connectivity index (χ4v) is 2.60. The Hall–Kier alpha value is -1.68.